The van der Waals surface area contributed by atoms with Gasteiger partial charge < -0.3 is 10.6 Å². The van der Waals surface area contributed by atoms with E-state index in [0.717, 1.165) is 22.8 Å². The Bertz CT molecular complexity index is 354. The lowest BCUT2D eigenvalue weighted by Gasteiger charge is -2.11. The molecule has 2 N–H and O–H groups in total. The maximum atomic E-state index is 5.66. The van der Waals surface area contributed by atoms with Gasteiger partial charge in [0.1, 0.15) is 5.84 Å². The van der Waals surface area contributed by atoms with Gasteiger partial charge in [0.05, 0.1) is 5.69 Å². The molecule has 0 amide bonds. The van der Waals surface area contributed by atoms with Crippen LogP contribution in [-0.2, 0) is 0 Å². The summed E-state index contributed by atoms with van der Waals surface area (Å²) in [6.45, 7) is 3.99. The highest BCUT2D eigenvalue weighted by molar-refractivity contribution is 5.82. The Morgan fingerprint density at radius 3 is 2.50 bits per heavy atom. The molecule has 3 nitrogen and oxygen atoms in total. The molecule has 76 valence electrons. The van der Waals surface area contributed by atoms with Gasteiger partial charge in [-0.1, -0.05) is 0 Å². The number of nitrogen functional groups attached to an aromatic ring is 1. The van der Waals surface area contributed by atoms with Gasteiger partial charge in [-0.05, 0) is 37.6 Å². The van der Waals surface area contributed by atoms with Gasteiger partial charge >= 0.3 is 0 Å². The van der Waals surface area contributed by atoms with E-state index in [0.29, 0.717) is 0 Å². The molecule has 1 aromatic rings. The summed E-state index contributed by atoms with van der Waals surface area (Å²) in [7, 11) is 3.96. The molecule has 0 saturated carbocycles. The Morgan fingerprint density at radius 1 is 1.36 bits per heavy atom. The zero-order valence-corrected chi connectivity index (χ0v) is 9.20. The molecule has 0 aliphatic rings. The van der Waals surface area contributed by atoms with Crippen LogP contribution < -0.4 is 5.73 Å². The minimum atomic E-state index is 0.781. The molecule has 0 aliphatic heterocycles. The lowest BCUT2D eigenvalue weighted by atomic mass is 10.2. The smallest absolute Gasteiger partial charge is 0.101 e. The zero-order valence-electron chi connectivity index (χ0n) is 9.20. The summed E-state index contributed by atoms with van der Waals surface area (Å²) in [5.41, 5.74) is 8.52. The number of amidine groups is 1. The second-order valence-corrected chi connectivity index (χ2v) is 3.60. The van der Waals surface area contributed by atoms with Crippen LogP contribution in [0.3, 0.4) is 0 Å². The van der Waals surface area contributed by atoms with Crippen LogP contribution >= 0.6 is 0 Å². The molecule has 0 unspecified atom stereocenters. The fraction of sp³-hybridized carbons (Fsp3) is 0.364. The summed E-state index contributed by atoms with van der Waals surface area (Å²) < 4.78 is 0. The molecular weight excluding hydrogens is 174 g/mol. The van der Waals surface area contributed by atoms with E-state index in [4.69, 9.17) is 5.73 Å². The number of nitrogens with zero attached hydrogens (tertiary/aromatic N) is 2. The van der Waals surface area contributed by atoms with Crippen LogP contribution in [0.5, 0.6) is 0 Å². The normalized spacial score (nSPS) is 11.6. The predicted octanol–water partition coefficient (Wildman–Crippen LogP) is 2.19. The van der Waals surface area contributed by atoms with Crippen molar-refractivity contribution in [2.75, 3.05) is 19.8 Å². The van der Waals surface area contributed by atoms with Crippen LogP contribution in [0.2, 0.25) is 0 Å². The second-order valence-electron chi connectivity index (χ2n) is 3.60. The lowest BCUT2D eigenvalue weighted by molar-refractivity contribution is 0.619. The van der Waals surface area contributed by atoms with E-state index >= 15 is 0 Å². The Kier molecular flexibility index (Phi) is 3.12. The average molecular weight is 191 g/mol. The number of hydrogen-bond donors (Lipinski definition) is 1. The molecule has 0 bridgehead atoms. The lowest BCUT2D eigenvalue weighted by Crippen LogP contribution is -2.17. The van der Waals surface area contributed by atoms with Gasteiger partial charge in [-0.25, -0.2) is 4.99 Å². The summed E-state index contributed by atoms with van der Waals surface area (Å²) in [5, 5.41) is 0. The van der Waals surface area contributed by atoms with Gasteiger partial charge in [0.2, 0.25) is 0 Å². The molecule has 3 heteroatoms. The third kappa shape index (κ3) is 2.49. The third-order valence-electron chi connectivity index (χ3n) is 2.15. The number of benzene rings is 1. The van der Waals surface area contributed by atoms with Crippen molar-refractivity contribution < 1.29 is 0 Å². The summed E-state index contributed by atoms with van der Waals surface area (Å²) in [4.78, 5) is 6.47. The van der Waals surface area contributed by atoms with E-state index < -0.39 is 0 Å². The molecular formula is C11H17N3. The maximum absolute atomic E-state index is 5.66. The molecule has 14 heavy (non-hydrogen) atoms. The van der Waals surface area contributed by atoms with Crippen molar-refractivity contribution in [3.05, 3.63) is 23.8 Å². The van der Waals surface area contributed by atoms with Crippen molar-refractivity contribution >= 4 is 17.2 Å². The van der Waals surface area contributed by atoms with Crippen molar-refractivity contribution in [2.24, 2.45) is 4.99 Å². The fourth-order valence-electron chi connectivity index (χ4n) is 1.08. The van der Waals surface area contributed by atoms with Crippen molar-refractivity contribution in [1.29, 1.82) is 0 Å². The van der Waals surface area contributed by atoms with Crippen molar-refractivity contribution in [2.45, 2.75) is 13.8 Å². The molecule has 0 fully saturated rings. The molecule has 0 radical (unpaired) electrons. The summed E-state index contributed by atoms with van der Waals surface area (Å²) in [5.74, 6) is 0.984. The van der Waals surface area contributed by atoms with E-state index in [1.54, 1.807) is 0 Å². The molecule has 0 heterocycles. The van der Waals surface area contributed by atoms with E-state index in [2.05, 4.69) is 4.99 Å². The highest BCUT2D eigenvalue weighted by Gasteiger charge is 1.98. The van der Waals surface area contributed by atoms with Crippen molar-refractivity contribution in [3.63, 3.8) is 0 Å². The number of aliphatic imine (C=N–C) groups is 1. The molecule has 0 spiro atoms. The minimum absolute atomic E-state index is 0.781. The largest absolute Gasteiger partial charge is 0.399 e. The van der Waals surface area contributed by atoms with E-state index in [-0.39, 0.29) is 0 Å². The van der Waals surface area contributed by atoms with E-state index in [1.807, 2.05) is 51.0 Å². The SMILES string of the molecule is CC(=Nc1ccc(N)cc1C)N(C)C. The molecule has 0 aliphatic carbocycles. The number of anilines is 1. The summed E-state index contributed by atoms with van der Waals surface area (Å²) in [6, 6.07) is 5.74. The first kappa shape index (κ1) is 10.6. The number of nitrogens with two attached hydrogens (primary N) is 1. The van der Waals surface area contributed by atoms with Crippen molar-refractivity contribution in [3.8, 4) is 0 Å². The quantitative estimate of drug-likeness (QED) is 0.420. The fourth-order valence-corrected chi connectivity index (χ4v) is 1.08. The average Bonchev–Trinajstić information content (AvgIpc) is 2.09. The molecule has 0 saturated heterocycles. The van der Waals surface area contributed by atoms with Gasteiger partial charge in [0.25, 0.3) is 0 Å². The standard InChI is InChI=1S/C11H17N3/c1-8-7-10(12)5-6-11(8)13-9(2)14(3)4/h5-7H,12H2,1-4H3. The van der Waals surface area contributed by atoms with Crippen LogP contribution in [0.25, 0.3) is 0 Å². The number of hydrogen-bond acceptors (Lipinski definition) is 2. The summed E-state index contributed by atoms with van der Waals surface area (Å²) >= 11 is 0. The minimum Gasteiger partial charge on any atom is -0.399 e. The van der Waals surface area contributed by atoms with Crippen molar-refractivity contribution in [1.82, 2.24) is 4.90 Å². The second kappa shape index (κ2) is 4.13. The van der Waals surface area contributed by atoms with E-state index in [9.17, 15) is 0 Å². The predicted molar refractivity (Wildman–Crippen MR) is 62.0 cm³/mol. The first-order valence-electron chi connectivity index (χ1n) is 4.59. The number of aryl methyl sites for hydroxylation is 1. The molecule has 1 rings (SSSR count). The number of rotatable bonds is 1. The van der Waals surface area contributed by atoms with Gasteiger partial charge in [-0.3, -0.25) is 0 Å². The van der Waals surface area contributed by atoms with Gasteiger partial charge in [0, 0.05) is 19.8 Å². The van der Waals surface area contributed by atoms with Gasteiger partial charge in [-0.2, -0.15) is 0 Å². The Morgan fingerprint density at radius 2 is 2.00 bits per heavy atom. The van der Waals surface area contributed by atoms with Crippen LogP contribution in [0.15, 0.2) is 23.2 Å². The Labute approximate surface area is 85.3 Å². The van der Waals surface area contributed by atoms with Crippen LogP contribution in [0.1, 0.15) is 12.5 Å². The Balaban J connectivity index is 3.03. The highest BCUT2D eigenvalue weighted by Crippen LogP contribution is 2.20. The van der Waals surface area contributed by atoms with Crippen LogP contribution in [-0.4, -0.2) is 24.8 Å². The molecule has 0 atom stereocenters. The van der Waals surface area contributed by atoms with Gasteiger partial charge in [0.15, 0.2) is 0 Å². The van der Waals surface area contributed by atoms with E-state index in [1.165, 1.54) is 0 Å². The molecule has 0 aromatic heterocycles. The van der Waals surface area contributed by atoms with Crippen LogP contribution in [0.4, 0.5) is 11.4 Å². The highest BCUT2D eigenvalue weighted by atomic mass is 15.1. The maximum Gasteiger partial charge on any atom is 0.101 e. The van der Waals surface area contributed by atoms with Crippen LogP contribution in [0, 0.1) is 6.92 Å². The molecule has 1 aromatic carbocycles. The monoisotopic (exact) mass is 191 g/mol. The third-order valence-corrected chi connectivity index (χ3v) is 2.15. The first-order valence-corrected chi connectivity index (χ1v) is 4.59. The Hall–Kier alpha value is -1.51. The first-order chi connectivity index (χ1) is 6.50. The topological polar surface area (TPSA) is 41.6 Å². The zero-order chi connectivity index (χ0) is 10.7. The van der Waals surface area contributed by atoms with Gasteiger partial charge in [-0.15, -0.1) is 0 Å². The summed E-state index contributed by atoms with van der Waals surface area (Å²) in [6.07, 6.45) is 0.